The van der Waals surface area contributed by atoms with E-state index < -0.39 is 35.7 Å². The maximum Gasteiger partial charge on any atom is 0.344 e. The van der Waals surface area contributed by atoms with E-state index >= 15 is 0 Å². The summed E-state index contributed by atoms with van der Waals surface area (Å²) in [6.45, 7) is -0.729. The second-order valence-corrected chi connectivity index (χ2v) is 6.75. The first-order chi connectivity index (χ1) is 15.5. The van der Waals surface area contributed by atoms with Crippen molar-refractivity contribution < 1.29 is 23.1 Å². The van der Waals surface area contributed by atoms with Crippen LogP contribution >= 0.6 is 0 Å². The van der Waals surface area contributed by atoms with Gasteiger partial charge in [0, 0.05) is 11.6 Å². The minimum Gasteiger partial charge on any atom is -0.452 e. The van der Waals surface area contributed by atoms with Gasteiger partial charge in [0.2, 0.25) is 0 Å². The van der Waals surface area contributed by atoms with Gasteiger partial charge in [0.25, 0.3) is 5.91 Å². The number of hydrogen-bond acceptors (Lipinski definition) is 4. The predicted octanol–water partition coefficient (Wildman–Crippen LogP) is 4.61. The molecule has 1 aromatic heterocycles. The van der Waals surface area contributed by atoms with Crippen molar-refractivity contribution in [2.75, 3.05) is 11.9 Å². The molecule has 4 aromatic rings. The molecule has 0 atom stereocenters. The van der Waals surface area contributed by atoms with Gasteiger partial charge in [-0.3, -0.25) is 4.79 Å². The monoisotopic (exact) mass is 433 g/mol. The second kappa shape index (κ2) is 9.22. The van der Waals surface area contributed by atoms with Gasteiger partial charge >= 0.3 is 5.97 Å². The molecule has 0 bridgehead atoms. The number of nitrogens with one attached hydrogen (secondary N) is 1. The van der Waals surface area contributed by atoms with E-state index in [9.17, 15) is 18.4 Å². The summed E-state index contributed by atoms with van der Waals surface area (Å²) in [5.74, 6) is -3.74. The van der Waals surface area contributed by atoms with Gasteiger partial charge in [0.1, 0.15) is 23.0 Å². The van der Waals surface area contributed by atoms with Crippen molar-refractivity contribution in [2.45, 2.75) is 0 Å². The molecule has 6 nitrogen and oxygen atoms in total. The minimum atomic E-state index is -1.27. The molecule has 160 valence electrons. The Bertz CT molecular complexity index is 1240. The zero-order valence-electron chi connectivity index (χ0n) is 16.7. The number of para-hydroxylation sites is 1. The largest absolute Gasteiger partial charge is 0.452 e. The van der Waals surface area contributed by atoms with Crippen LogP contribution in [0.15, 0.2) is 84.9 Å². The van der Waals surface area contributed by atoms with E-state index in [4.69, 9.17) is 4.74 Å². The van der Waals surface area contributed by atoms with Crippen LogP contribution in [0, 0.1) is 11.6 Å². The number of rotatable bonds is 6. The van der Waals surface area contributed by atoms with Gasteiger partial charge in [0.05, 0.1) is 11.4 Å². The number of nitrogens with zero attached hydrogens (tertiary/aromatic N) is 2. The van der Waals surface area contributed by atoms with Crippen LogP contribution in [0.25, 0.3) is 16.9 Å². The Kier molecular flexibility index (Phi) is 6.03. The Labute approximate surface area is 182 Å². The van der Waals surface area contributed by atoms with Gasteiger partial charge in [-0.15, -0.1) is 0 Å². The highest BCUT2D eigenvalue weighted by molar-refractivity contribution is 5.95. The topological polar surface area (TPSA) is 73.2 Å². The summed E-state index contributed by atoms with van der Waals surface area (Å²) in [6, 6.07) is 23.2. The van der Waals surface area contributed by atoms with E-state index in [2.05, 4.69) is 10.4 Å². The number of hydrogen-bond donors (Lipinski definition) is 1. The highest BCUT2D eigenvalue weighted by Crippen LogP contribution is 2.24. The third-order valence-electron chi connectivity index (χ3n) is 4.55. The van der Waals surface area contributed by atoms with Crippen molar-refractivity contribution in [2.24, 2.45) is 0 Å². The van der Waals surface area contributed by atoms with Gasteiger partial charge in [-0.05, 0) is 24.3 Å². The summed E-state index contributed by atoms with van der Waals surface area (Å²) in [5.41, 5.74) is 1.32. The van der Waals surface area contributed by atoms with Gasteiger partial charge < -0.3 is 10.1 Å². The molecule has 8 heteroatoms. The first-order valence-electron chi connectivity index (χ1n) is 9.65. The van der Waals surface area contributed by atoms with Crippen LogP contribution in [0.3, 0.4) is 0 Å². The van der Waals surface area contributed by atoms with Crippen molar-refractivity contribution in [1.82, 2.24) is 9.78 Å². The van der Waals surface area contributed by atoms with Gasteiger partial charge in [0.15, 0.2) is 6.61 Å². The Morgan fingerprint density at radius 3 is 2.16 bits per heavy atom. The highest BCUT2D eigenvalue weighted by Gasteiger charge is 2.20. The van der Waals surface area contributed by atoms with Crippen LogP contribution in [-0.4, -0.2) is 28.3 Å². The molecule has 0 aliphatic carbocycles. The average Bonchev–Trinajstić information content (AvgIpc) is 3.22. The van der Waals surface area contributed by atoms with Crippen LogP contribution in [-0.2, 0) is 9.53 Å². The molecule has 3 aromatic carbocycles. The van der Waals surface area contributed by atoms with E-state index in [0.717, 1.165) is 23.8 Å². The summed E-state index contributed by atoms with van der Waals surface area (Å²) >= 11 is 0. The Hall–Kier alpha value is -4.33. The number of anilines is 1. The maximum absolute atomic E-state index is 13.7. The quantitative estimate of drug-likeness (QED) is 0.451. The number of carbonyl (C=O) groups is 2. The van der Waals surface area contributed by atoms with Crippen LogP contribution in [0.4, 0.5) is 14.6 Å². The van der Waals surface area contributed by atoms with Crippen molar-refractivity contribution >= 4 is 17.7 Å². The summed E-state index contributed by atoms with van der Waals surface area (Å²) in [6.07, 6.45) is 0. The SMILES string of the molecule is O=C(COC(=O)c1c(F)cccc1F)Nc1cc(-c2ccccc2)nn1-c1ccccc1. The molecule has 0 aliphatic rings. The van der Waals surface area contributed by atoms with Gasteiger partial charge in [-0.25, -0.2) is 18.3 Å². The fourth-order valence-corrected chi connectivity index (χ4v) is 3.06. The first-order valence-corrected chi connectivity index (χ1v) is 9.65. The van der Waals surface area contributed by atoms with E-state index in [1.54, 1.807) is 10.7 Å². The van der Waals surface area contributed by atoms with Gasteiger partial charge in [-0.1, -0.05) is 54.6 Å². The van der Waals surface area contributed by atoms with Crippen LogP contribution < -0.4 is 5.32 Å². The zero-order chi connectivity index (χ0) is 22.5. The standard InChI is InChI=1S/C24H17F2N3O3/c25-18-12-7-13-19(26)23(18)24(31)32-15-22(30)27-21-14-20(16-8-3-1-4-9-16)28-29(21)17-10-5-2-6-11-17/h1-14H,15H2,(H,27,30). The van der Waals surface area contributed by atoms with Crippen LogP contribution in [0.2, 0.25) is 0 Å². The molecule has 1 N–H and O–H groups in total. The molecule has 1 amide bonds. The summed E-state index contributed by atoms with van der Waals surface area (Å²) in [4.78, 5) is 24.5. The van der Waals surface area contributed by atoms with Crippen LogP contribution in [0.1, 0.15) is 10.4 Å². The lowest BCUT2D eigenvalue weighted by Gasteiger charge is -2.09. The summed E-state index contributed by atoms with van der Waals surface area (Å²) in [7, 11) is 0. The van der Waals surface area contributed by atoms with E-state index in [-0.39, 0.29) is 0 Å². The van der Waals surface area contributed by atoms with Crippen LogP contribution in [0.5, 0.6) is 0 Å². The molecule has 0 saturated carbocycles. The lowest BCUT2D eigenvalue weighted by molar-refractivity contribution is -0.119. The van der Waals surface area contributed by atoms with Crippen molar-refractivity contribution in [3.8, 4) is 16.9 Å². The number of ether oxygens (including phenoxy) is 1. The third kappa shape index (κ3) is 4.54. The van der Waals surface area contributed by atoms with E-state index in [1.165, 1.54) is 0 Å². The fourth-order valence-electron chi connectivity index (χ4n) is 3.06. The van der Waals surface area contributed by atoms with E-state index in [1.807, 2.05) is 60.7 Å². The number of aromatic nitrogens is 2. The highest BCUT2D eigenvalue weighted by atomic mass is 19.1. The maximum atomic E-state index is 13.7. The lowest BCUT2D eigenvalue weighted by atomic mass is 10.2. The molecule has 0 spiro atoms. The molecule has 0 radical (unpaired) electrons. The van der Waals surface area contributed by atoms with E-state index in [0.29, 0.717) is 17.2 Å². The molecule has 32 heavy (non-hydrogen) atoms. The molecule has 0 saturated heterocycles. The predicted molar refractivity (Wildman–Crippen MR) is 114 cm³/mol. The summed E-state index contributed by atoms with van der Waals surface area (Å²) < 4.78 is 33.8. The number of halogens is 2. The smallest absolute Gasteiger partial charge is 0.344 e. The normalized spacial score (nSPS) is 10.6. The molecule has 0 aliphatic heterocycles. The third-order valence-corrected chi connectivity index (χ3v) is 4.55. The Balaban J connectivity index is 1.53. The first kappa shape index (κ1) is 20.9. The number of carbonyl (C=O) groups excluding carboxylic acids is 2. The molecular formula is C24H17F2N3O3. The average molecular weight is 433 g/mol. The van der Waals surface area contributed by atoms with Crippen molar-refractivity contribution in [3.05, 3.63) is 102 Å². The zero-order valence-corrected chi connectivity index (χ0v) is 16.7. The number of amides is 1. The Morgan fingerprint density at radius 2 is 1.50 bits per heavy atom. The molecule has 0 unspecified atom stereocenters. The Morgan fingerprint density at radius 1 is 0.875 bits per heavy atom. The molecular weight excluding hydrogens is 416 g/mol. The molecule has 1 heterocycles. The van der Waals surface area contributed by atoms with Crippen molar-refractivity contribution in [3.63, 3.8) is 0 Å². The van der Waals surface area contributed by atoms with Gasteiger partial charge in [-0.2, -0.15) is 5.10 Å². The molecule has 0 fully saturated rings. The minimum absolute atomic E-state index is 0.341. The number of benzene rings is 3. The number of esters is 1. The molecule has 4 rings (SSSR count). The fraction of sp³-hybridized carbons (Fsp3) is 0.0417. The lowest BCUT2D eigenvalue weighted by Crippen LogP contribution is -2.23. The summed E-state index contributed by atoms with van der Waals surface area (Å²) in [5, 5.41) is 7.20. The second-order valence-electron chi connectivity index (χ2n) is 6.75. The van der Waals surface area contributed by atoms with Crippen molar-refractivity contribution in [1.29, 1.82) is 0 Å².